The first-order chi connectivity index (χ1) is 15.9. The number of benzene rings is 1. The zero-order valence-corrected chi connectivity index (χ0v) is 20.7. The summed E-state index contributed by atoms with van der Waals surface area (Å²) in [7, 11) is 0. The molecule has 0 radical (unpaired) electrons. The largest absolute Gasteiger partial charge is 0.498 e. The number of piperazine rings is 1. The predicted molar refractivity (Wildman–Crippen MR) is 126 cm³/mol. The number of carbonyl (C=O) groups excluding carboxylic acids is 2. The number of anilines is 1. The highest BCUT2D eigenvalue weighted by Crippen LogP contribution is 2.65. The van der Waals surface area contributed by atoms with Crippen molar-refractivity contribution in [3.63, 3.8) is 0 Å². The van der Waals surface area contributed by atoms with Crippen molar-refractivity contribution in [3.8, 4) is 0 Å². The van der Waals surface area contributed by atoms with Crippen molar-refractivity contribution in [2.24, 2.45) is 16.2 Å². The number of hydrogen-bond donors (Lipinski definition) is 1. The molecule has 2 saturated heterocycles. The number of carbonyl (C=O) groups is 3. The SMILES string of the molecule is CC[N+]1(C(=O)[O-])CC2(CC2)C[C@](C(=O)O)(C(C)(C)C)[C@H]1C(=O)N1CCN(c2ccccc2)CC1. The third-order valence-corrected chi connectivity index (χ3v) is 8.78. The van der Waals surface area contributed by atoms with Crippen LogP contribution in [0.25, 0.3) is 0 Å². The lowest BCUT2D eigenvalue weighted by Gasteiger charge is -2.59. The maximum Gasteiger partial charge on any atom is 0.316 e. The normalized spacial score (nSPS) is 30.8. The Balaban J connectivity index is 1.73. The van der Waals surface area contributed by atoms with Gasteiger partial charge in [0.05, 0.1) is 13.1 Å². The zero-order valence-electron chi connectivity index (χ0n) is 20.7. The molecule has 3 fully saturated rings. The van der Waals surface area contributed by atoms with Gasteiger partial charge in [0.2, 0.25) is 0 Å². The number of carboxylic acid groups (broad SMARTS) is 2. The molecule has 0 aromatic heterocycles. The van der Waals surface area contributed by atoms with Gasteiger partial charge >= 0.3 is 5.97 Å². The molecule has 1 aromatic carbocycles. The van der Waals surface area contributed by atoms with E-state index >= 15 is 0 Å². The Kier molecular flexibility index (Phi) is 5.95. The molecule has 1 unspecified atom stereocenters. The van der Waals surface area contributed by atoms with Crippen molar-refractivity contribution < 1.29 is 29.1 Å². The van der Waals surface area contributed by atoms with Crippen LogP contribution in [0, 0.1) is 16.2 Å². The number of hydrogen-bond acceptors (Lipinski definition) is 5. The van der Waals surface area contributed by atoms with Crippen LogP contribution in [-0.2, 0) is 9.59 Å². The minimum absolute atomic E-state index is 0.121. The van der Waals surface area contributed by atoms with Crippen LogP contribution >= 0.6 is 0 Å². The Morgan fingerprint density at radius 1 is 1.09 bits per heavy atom. The molecule has 3 aliphatic rings. The maximum absolute atomic E-state index is 14.2. The van der Waals surface area contributed by atoms with E-state index in [2.05, 4.69) is 4.90 Å². The number of likely N-dealkylation sites (tertiary alicyclic amines) is 1. The summed E-state index contributed by atoms with van der Waals surface area (Å²) in [5.41, 5.74) is -1.61. The van der Waals surface area contributed by atoms with Crippen LogP contribution in [-0.4, -0.2) is 77.8 Å². The van der Waals surface area contributed by atoms with E-state index in [0.717, 1.165) is 18.5 Å². The molecule has 3 atom stereocenters. The van der Waals surface area contributed by atoms with Gasteiger partial charge in [-0.15, -0.1) is 0 Å². The lowest BCUT2D eigenvalue weighted by atomic mass is 9.54. The van der Waals surface area contributed by atoms with E-state index in [1.54, 1.807) is 11.8 Å². The minimum Gasteiger partial charge on any atom is -0.498 e. The molecular formula is C26H37N3O5. The zero-order chi connectivity index (χ0) is 24.9. The second-order valence-electron chi connectivity index (χ2n) is 11.5. The van der Waals surface area contributed by atoms with Gasteiger partial charge in [-0.2, -0.15) is 0 Å². The number of nitrogens with zero attached hydrogens (tertiary/aromatic N) is 3. The third-order valence-electron chi connectivity index (χ3n) is 8.78. The average molecular weight is 472 g/mol. The number of aliphatic carboxylic acids is 1. The van der Waals surface area contributed by atoms with Gasteiger partial charge in [-0.05, 0) is 43.7 Å². The number of quaternary nitrogens is 1. The molecule has 1 aromatic rings. The molecule has 1 N–H and O–H groups in total. The first kappa shape index (κ1) is 24.5. The molecule has 2 heterocycles. The Labute approximate surface area is 201 Å². The van der Waals surface area contributed by atoms with Crippen molar-refractivity contribution in [2.75, 3.05) is 44.2 Å². The molecule has 1 saturated carbocycles. The lowest BCUT2D eigenvalue weighted by Crippen LogP contribution is -2.79. The molecular weight excluding hydrogens is 434 g/mol. The van der Waals surface area contributed by atoms with Crippen molar-refractivity contribution in [1.29, 1.82) is 0 Å². The van der Waals surface area contributed by atoms with Gasteiger partial charge in [0.15, 0.2) is 6.04 Å². The monoisotopic (exact) mass is 471 g/mol. The van der Waals surface area contributed by atoms with Gasteiger partial charge in [0.1, 0.15) is 5.41 Å². The second kappa shape index (κ2) is 8.26. The van der Waals surface area contributed by atoms with Crippen molar-refractivity contribution in [3.05, 3.63) is 30.3 Å². The molecule has 0 bridgehead atoms. The molecule has 186 valence electrons. The van der Waals surface area contributed by atoms with Crippen LogP contribution in [0.3, 0.4) is 0 Å². The minimum atomic E-state index is -1.51. The van der Waals surface area contributed by atoms with E-state index in [4.69, 9.17) is 0 Å². The summed E-state index contributed by atoms with van der Waals surface area (Å²) in [5.74, 6) is -1.45. The smallest absolute Gasteiger partial charge is 0.316 e. The fourth-order valence-corrected chi connectivity index (χ4v) is 6.57. The van der Waals surface area contributed by atoms with Gasteiger partial charge < -0.3 is 24.8 Å². The molecule has 34 heavy (non-hydrogen) atoms. The topological polar surface area (TPSA) is 101 Å². The first-order valence-electron chi connectivity index (χ1n) is 12.3. The van der Waals surface area contributed by atoms with Crippen LogP contribution in [0.4, 0.5) is 10.5 Å². The van der Waals surface area contributed by atoms with Crippen molar-refractivity contribution in [2.45, 2.75) is 53.0 Å². The van der Waals surface area contributed by atoms with E-state index in [-0.39, 0.29) is 24.4 Å². The van der Waals surface area contributed by atoms with Crippen LogP contribution < -0.4 is 10.0 Å². The van der Waals surface area contributed by atoms with Gasteiger partial charge in [-0.3, -0.25) is 14.1 Å². The van der Waals surface area contributed by atoms with Gasteiger partial charge in [-0.25, -0.2) is 0 Å². The van der Waals surface area contributed by atoms with Crippen LogP contribution in [0.5, 0.6) is 0 Å². The number of rotatable bonds is 4. The van der Waals surface area contributed by atoms with E-state index in [1.165, 1.54) is 0 Å². The number of para-hydroxylation sites is 1. The van der Waals surface area contributed by atoms with Crippen LogP contribution in [0.2, 0.25) is 0 Å². The summed E-state index contributed by atoms with van der Waals surface area (Å²) in [5, 5.41) is 23.5. The fraction of sp³-hybridized carbons (Fsp3) is 0.654. The Morgan fingerprint density at radius 2 is 1.68 bits per heavy atom. The lowest BCUT2D eigenvalue weighted by molar-refractivity contribution is -0.908. The molecule has 2 aliphatic heterocycles. The predicted octanol–water partition coefficient (Wildman–Crippen LogP) is 2.18. The number of carboxylic acids is 1. The van der Waals surface area contributed by atoms with Crippen molar-refractivity contribution in [1.82, 2.24) is 4.90 Å². The Bertz CT molecular complexity index is 962. The summed E-state index contributed by atoms with van der Waals surface area (Å²) in [6.45, 7) is 9.67. The molecule has 1 spiro atoms. The third kappa shape index (κ3) is 3.67. The molecule has 8 nitrogen and oxygen atoms in total. The van der Waals surface area contributed by atoms with E-state index in [1.807, 2.05) is 51.1 Å². The fourth-order valence-electron chi connectivity index (χ4n) is 6.57. The first-order valence-corrected chi connectivity index (χ1v) is 12.3. The number of likely N-dealkylation sites (N-methyl/N-ethyl adjacent to an activating group) is 1. The second-order valence-corrected chi connectivity index (χ2v) is 11.5. The van der Waals surface area contributed by atoms with E-state index in [0.29, 0.717) is 32.6 Å². The molecule has 2 amide bonds. The summed E-state index contributed by atoms with van der Waals surface area (Å²) in [4.78, 5) is 44.0. The molecule has 8 heteroatoms. The Morgan fingerprint density at radius 3 is 2.12 bits per heavy atom. The maximum atomic E-state index is 14.2. The highest BCUT2D eigenvalue weighted by molar-refractivity contribution is 5.91. The van der Waals surface area contributed by atoms with Crippen molar-refractivity contribution >= 4 is 23.7 Å². The highest BCUT2D eigenvalue weighted by Gasteiger charge is 2.74. The van der Waals surface area contributed by atoms with Crippen LogP contribution in [0.15, 0.2) is 30.3 Å². The summed E-state index contributed by atoms with van der Waals surface area (Å²) in [6.07, 6.45) is 0.570. The molecule has 1 aliphatic carbocycles. The van der Waals surface area contributed by atoms with E-state index in [9.17, 15) is 24.6 Å². The van der Waals surface area contributed by atoms with Gasteiger partial charge in [-0.1, -0.05) is 39.0 Å². The summed E-state index contributed by atoms with van der Waals surface area (Å²) in [6, 6.07) is 8.73. The van der Waals surface area contributed by atoms with E-state index < -0.39 is 33.4 Å². The highest BCUT2D eigenvalue weighted by atomic mass is 16.4. The number of amides is 2. The summed E-state index contributed by atoms with van der Waals surface area (Å²) < 4.78 is -0.610. The Hall–Kier alpha value is -2.61. The summed E-state index contributed by atoms with van der Waals surface area (Å²) >= 11 is 0. The quantitative estimate of drug-likeness (QED) is 0.676. The average Bonchev–Trinajstić information content (AvgIpc) is 3.55. The van der Waals surface area contributed by atoms with Gasteiger partial charge in [0, 0.05) is 37.3 Å². The van der Waals surface area contributed by atoms with Gasteiger partial charge in [0.25, 0.3) is 12.0 Å². The standard InChI is InChI=1S/C26H37N3O5/c1-5-29(23(33)34)18-25(11-12-25)17-26(22(31)32,24(2,3)4)20(29)21(30)28-15-13-27(14-16-28)19-9-7-6-8-10-19/h6-10,20H,5,11-18H2,1-4H3,(H-,31,32,33,34)/t20-,26+,29?/m1/s1. The van der Waals surface area contributed by atoms with Crippen LogP contribution in [0.1, 0.15) is 47.0 Å². The number of piperidine rings is 1. The molecule has 4 rings (SSSR count).